The minimum atomic E-state index is -0.00539. The van der Waals surface area contributed by atoms with Crippen molar-refractivity contribution in [3.05, 3.63) is 53.9 Å². The van der Waals surface area contributed by atoms with E-state index >= 15 is 0 Å². The molecule has 26 heavy (non-hydrogen) atoms. The smallest absolute Gasteiger partial charge is 0.223 e. The monoisotopic (exact) mass is 468 g/mol. The fraction of sp³-hybridized carbons (Fsp3) is 0.389. The van der Waals surface area contributed by atoms with Gasteiger partial charge in [-0.25, -0.2) is 0 Å². The van der Waals surface area contributed by atoms with Gasteiger partial charge < -0.3 is 16.0 Å². The van der Waals surface area contributed by atoms with Gasteiger partial charge in [-0.2, -0.15) is 5.10 Å². The minimum Gasteiger partial charge on any atom is -0.370 e. The molecule has 2 atom stereocenters. The Labute approximate surface area is 170 Å². The molecule has 3 rings (SSSR count). The van der Waals surface area contributed by atoms with Crippen molar-refractivity contribution in [3.63, 3.8) is 0 Å². The number of carbonyl (C=O) groups excluding carboxylic acids is 1. The zero-order valence-corrected chi connectivity index (χ0v) is 17.3. The highest BCUT2D eigenvalue weighted by Gasteiger charge is 2.39. The van der Waals surface area contributed by atoms with Gasteiger partial charge in [0.1, 0.15) is 0 Å². The van der Waals surface area contributed by atoms with Gasteiger partial charge in [0.15, 0.2) is 5.96 Å². The molecule has 1 aromatic heterocycles. The molecule has 0 radical (unpaired) electrons. The summed E-state index contributed by atoms with van der Waals surface area (Å²) >= 11 is 0. The molecule has 2 aromatic rings. The Balaban J connectivity index is 0.00000243. The quantitative estimate of drug-likeness (QED) is 0.397. The Morgan fingerprint density at radius 2 is 2.12 bits per heavy atom. The van der Waals surface area contributed by atoms with Crippen molar-refractivity contribution in [2.75, 3.05) is 20.6 Å². The van der Waals surface area contributed by atoms with Gasteiger partial charge in [-0.3, -0.25) is 14.5 Å². The van der Waals surface area contributed by atoms with Gasteiger partial charge in [0.2, 0.25) is 5.91 Å². The summed E-state index contributed by atoms with van der Waals surface area (Å²) in [5.41, 5.74) is 7.96. The van der Waals surface area contributed by atoms with Crippen LogP contribution in [0.2, 0.25) is 0 Å². The Morgan fingerprint density at radius 3 is 2.81 bits per heavy atom. The third kappa shape index (κ3) is 4.54. The second kappa shape index (κ2) is 9.02. The van der Waals surface area contributed by atoms with Crippen LogP contribution in [0, 0.1) is 5.92 Å². The Kier molecular flexibility index (Phi) is 7.01. The number of benzene rings is 1. The molecule has 1 aromatic carbocycles. The molecule has 1 saturated heterocycles. The number of halogens is 1. The van der Waals surface area contributed by atoms with Crippen LogP contribution in [0.15, 0.2) is 47.7 Å². The molecular formula is C18H25IN6O. The molecule has 1 amide bonds. The fourth-order valence-corrected chi connectivity index (χ4v) is 3.33. The molecule has 7 nitrogen and oxygen atoms in total. The number of nitrogens with zero attached hydrogens (tertiary/aromatic N) is 4. The van der Waals surface area contributed by atoms with Gasteiger partial charge in [0, 0.05) is 44.7 Å². The second-order valence-electron chi connectivity index (χ2n) is 6.36. The van der Waals surface area contributed by atoms with Crippen molar-refractivity contribution in [3.8, 4) is 0 Å². The second-order valence-corrected chi connectivity index (χ2v) is 6.36. The van der Waals surface area contributed by atoms with Crippen molar-refractivity contribution >= 4 is 35.8 Å². The molecule has 0 saturated carbocycles. The number of amides is 1. The number of nitrogens with two attached hydrogens (primary N) is 1. The summed E-state index contributed by atoms with van der Waals surface area (Å²) in [7, 11) is 3.48. The van der Waals surface area contributed by atoms with Gasteiger partial charge in [0.25, 0.3) is 0 Å². The molecule has 1 aliphatic heterocycles. The van der Waals surface area contributed by atoms with Crippen LogP contribution in [0.25, 0.3) is 0 Å². The zero-order chi connectivity index (χ0) is 17.8. The van der Waals surface area contributed by atoms with Crippen LogP contribution in [0.3, 0.4) is 0 Å². The predicted octanol–water partition coefficient (Wildman–Crippen LogP) is 1.60. The summed E-state index contributed by atoms with van der Waals surface area (Å²) in [6.07, 6.45) is 4.37. The normalized spacial score (nSPS) is 20.2. The number of carbonyl (C=O) groups is 1. The van der Waals surface area contributed by atoms with Crippen LogP contribution in [-0.2, 0) is 11.3 Å². The Bertz CT molecular complexity index is 760. The molecule has 0 unspecified atom stereocenters. The number of hydrogen-bond donors (Lipinski definition) is 2. The Morgan fingerprint density at radius 1 is 1.38 bits per heavy atom. The lowest BCUT2D eigenvalue weighted by molar-refractivity contribution is -0.127. The first-order valence-electron chi connectivity index (χ1n) is 8.36. The van der Waals surface area contributed by atoms with Crippen molar-refractivity contribution in [2.24, 2.45) is 16.6 Å². The van der Waals surface area contributed by atoms with Crippen LogP contribution >= 0.6 is 24.0 Å². The molecule has 2 heterocycles. The molecular weight excluding hydrogens is 443 g/mol. The molecule has 0 aliphatic carbocycles. The van der Waals surface area contributed by atoms with Gasteiger partial charge in [-0.15, -0.1) is 24.0 Å². The lowest BCUT2D eigenvalue weighted by Gasteiger charge is -2.24. The average Bonchev–Trinajstić information content (AvgIpc) is 3.18. The molecule has 0 bridgehead atoms. The van der Waals surface area contributed by atoms with E-state index in [4.69, 9.17) is 5.73 Å². The number of rotatable bonds is 5. The number of likely N-dealkylation sites (tertiary alicyclic amines) is 1. The SMILES string of the molecule is CN=C(N)NC[C@@H]1CC(=O)N(C)[C@H]1c1cnn(Cc2ccccc2)c1.I. The van der Waals surface area contributed by atoms with E-state index in [1.165, 1.54) is 5.56 Å². The molecule has 3 N–H and O–H groups in total. The highest BCUT2D eigenvalue weighted by molar-refractivity contribution is 14.0. The summed E-state index contributed by atoms with van der Waals surface area (Å²) in [5, 5.41) is 7.55. The summed E-state index contributed by atoms with van der Waals surface area (Å²) < 4.78 is 1.91. The first-order valence-corrected chi connectivity index (χ1v) is 8.36. The molecule has 1 fully saturated rings. The van der Waals surface area contributed by atoms with Crippen LogP contribution in [0.4, 0.5) is 0 Å². The van der Waals surface area contributed by atoms with E-state index in [0.29, 0.717) is 25.5 Å². The van der Waals surface area contributed by atoms with E-state index in [-0.39, 0.29) is 41.8 Å². The van der Waals surface area contributed by atoms with E-state index in [0.717, 1.165) is 5.56 Å². The van der Waals surface area contributed by atoms with Crippen LogP contribution in [0.1, 0.15) is 23.6 Å². The van der Waals surface area contributed by atoms with Crippen molar-refractivity contribution in [1.29, 1.82) is 0 Å². The van der Waals surface area contributed by atoms with E-state index < -0.39 is 0 Å². The van der Waals surface area contributed by atoms with E-state index in [9.17, 15) is 4.79 Å². The molecule has 1 aliphatic rings. The number of aromatic nitrogens is 2. The lowest BCUT2D eigenvalue weighted by atomic mass is 9.96. The molecule has 140 valence electrons. The Hall–Kier alpha value is -2.10. The van der Waals surface area contributed by atoms with Gasteiger partial charge >= 0.3 is 0 Å². The van der Waals surface area contributed by atoms with Gasteiger partial charge in [0.05, 0.1) is 18.8 Å². The average molecular weight is 468 g/mol. The third-order valence-corrected chi connectivity index (χ3v) is 4.66. The number of nitrogens with one attached hydrogen (secondary N) is 1. The largest absolute Gasteiger partial charge is 0.370 e. The summed E-state index contributed by atoms with van der Waals surface area (Å²) in [4.78, 5) is 17.9. The van der Waals surface area contributed by atoms with E-state index in [1.54, 1.807) is 11.9 Å². The van der Waals surface area contributed by atoms with Gasteiger partial charge in [-0.1, -0.05) is 30.3 Å². The predicted molar refractivity (Wildman–Crippen MR) is 112 cm³/mol. The van der Waals surface area contributed by atoms with Crippen LogP contribution in [0.5, 0.6) is 0 Å². The zero-order valence-electron chi connectivity index (χ0n) is 15.0. The van der Waals surface area contributed by atoms with Crippen molar-refractivity contribution in [1.82, 2.24) is 20.0 Å². The maximum atomic E-state index is 12.2. The fourth-order valence-electron chi connectivity index (χ4n) is 3.33. The maximum Gasteiger partial charge on any atom is 0.223 e. The summed E-state index contributed by atoms with van der Waals surface area (Å²) in [6.45, 7) is 1.32. The number of hydrogen-bond acceptors (Lipinski definition) is 3. The van der Waals surface area contributed by atoms with Crippen molar-refractivity contribution in [2.45, 2.75) is 19.0 Å². The van der Waals surface area contributed by atoms with E-state index in [1.807, 2.05) is 42.3 Å². The van der Waals surface area contributed by atoms with Crippen molar-refractivity contribution < 1.29 is 4.79 Å². The van der Waals surface area contributed by atoms with Crippen LogP contribution in [-0.4, -0.2) is 47.2 Å². The first-order chi connectivity index (χ1) is 12.1. The lowest BCUT2D eigenvalue weighted by Crippen LogP contribution is -2.36. The highest BCUT2D eigenvalue weighted by Crippen LogP contribution is 2.36. The molecule has 8 heteroatoms. The third-order valence-electron chi connectivity index (χ3n) is 4.66. The van der Waals surface area contributed by atoms with Crippen LogP contribution < -0.4 is 11.1 Å². The first kappa shape index (κ1) is 20.2. The topological polar surface area (TPSA) is 88.5 Å². The highest BCUT2D eigenvalue weighted by atomic mass is 127. The maximum absolute atomic E-state index is 12.2. The van der Waals surface area contributed by atoms with E-state index in [2.05, 4.69) is 27.5 Å². The molecule has 0 spiro atoms. The minimum absolute atomic E-state index is 0. The summed E-state index contributed by atoms with van der Waals surface area (Å²) in [6, 6.07) is 10.2. The van der Waals surface area contributed by atoms with Gasteiger partial charge in [-0.05, 0) is 5.56 Å². The standard InChI is InChI=1S/C18H24N6O.HI/c1-20-18(19)21-9-14-8-16(25)23(2)17(14)15-10-22-24(12-15)11-13-6-4-3-5-7-13;/h3-7,10,12,14,17H,8-9,11H2,1-2H3,(H3,19,20,21);1H/t14-,17+;/m0./s1. The summed E-state index contributed by atoms with van der Waals surface area (Å²) in [5.74, 6) is 0.660. The number of guanidine groups is 1. The number of aliphatic imine (C=N–C) groups is 1.